The van der Waals surface area contributed by atoms with Gasteiger partial charge in [0.1, 0.15) is 5.25 Å². The highest BCUT2D eigenvalue weighted by molar-refractivity contribution is 8.14. The van der Waals surface area contributed by atoms with Crippen LogP contribution in [0.4, 0.5) is 4.79 Å². The standard InChI is InChI=1S/C15H12ClNO3S/c16-12-8-10(9-4-2-1-3-5-9)6-7-11(12)13(14(18)19)21-15(17)20/h1-8,13H,(H2,17,20)(H,18,19). The van der Waals surface area contributed by atoms with Crippen LogP contribution in [-0.2, 0) is 4.79 Å². The van der Waals surface area contributed by atoms with E-state index >= 15 is 0 Å². The lowest BCUT2D eigenvalue weighted by Crippen LogP contribution is -2.14. The second-order valence-corrected chi connectivity index (χ2v) is 5.77. The van der Waals surface area contributed by atoms with Crippen molar-refractivity contribution in [2.75, 3.05) is 0 Å². The number of carbonyl (C=O) groups is 2. The van der Waals surface area contributed by atoms with Gasteiger partial charge in [-0.15, -0.1) is 0 Å². The topological polar surface area (TPSA) is 80.4 Å². The Bertz CT molecular complexity index is 676. The first-order valence-electron chi connectivity index (χ1n) is 6.03. The second-order valence-electron chi connectivity index (χ2n) is 4.26. The molecule has 2 rings (SSSR count). The Kier molecular flexibility index (Phi) is 4.88. The van der Waals surface area contributed by atoms with Gasteiger partial charge in [-0.25, -0.2) is 0 Å². The SMILES string of the molecule is NC(=O)SC(C(=O)O)c1ccc(-c2ccccc2)cc1Cl. The first-order chi connectivity index (χ1) is 9.99. The van der Waals surface area contributed by atoms with E-state index in [2.05, 4.69) is 0 Å². The molecule has 0 aliphatic heterocycles. The summed E-state index contributed by atoms with van der Waals surface area (Å²) >= 11 is 6.70. The Labute approximate surface area is 130 Å². The maximum absolute atomic E-state index is 11.3. The van der Waals surface area contributed by atoms with E-state index in [9.17, 15) is 14.7 Å². The van der Waals surface area contributed by atoms with Gasteiger partial charge in [0.05, 0.1) is 0 Å². The van der Waals surface area contributed by atoms with Crippen LogP contribution in [0, 0.1) is 0 Å². The molecule has 0 heterocycles. The minimum Gasteiger partial charge on any atom is -0.480 e. The van der Waals surface area contributed by atoms with Crippen LogP contribution in [0.15, 0.2) is 48.5 Å². The molecule has 2 aromatic carbocycles. The summed E-state index contributed by atoms with van der Waals surface area (Å²) in [5, 5.41) is 7.62. The van der Waals surface area contributed by atoms with Crippen molar-refractivity contribution in [2.45, 2.75) is 5.25 Å². The van der Waals surface area contributed by atoms with E-state index in [4.69, 9.17) is 17.3 Å². The van der Waals surface area contributed by atoms with E-state index in [1.807, 2.05) is 30.3 Å². The van der Waals surface area contributed by atoms with Crippen molar-refractivity contribution in [1.29, 1.82) is 0 Å². The third-order valence-corrected chi connectivity index (χ3v) is 4.10. The molecule has 0 spiro atoms. The number of carbonyl (C=O) groups excluding carboxylic acids is 1. The molecule has 3 N–H and O–H groups in total. The maximum atomic E-state index is 11.3. The molecule has 108 valence electrons. The zero-order valence-corrected chi connectivity index (χ0v) is 12.4. The highest BCUT2D eigenvalue weighted by Gasteiger charge is 2.25. The minimum atomic E-state index is -1.16. The molecule has 0 aliphatic carbocycles. The monoisotopic (exact) mass is 321 g/mol. The fourth-order valence-corrected chi connectivity index (χ4v) is 2.93. The molecule has 0 radical (unpaired) electrons. The Hall–Kier alpha value is -1.98. The molecule has 21 heavy (non-hydrogen) atoms. The van der Waals surface area contributed by atoms with Crippen LogP contribution in [0.1, 0.15) is 10.8 Å². The van der Waals surface area contributed by atoms with Gasteiger partial charge in [0.15, 0.2) is 0 Å². The number of carboxylic acid groups (broad SMARTS) is 1. The van der Waals surface area contributed by atoms with E-state index in [0.29, 0.717) is 17.3 Å². The van der Waals surface area contributed by atoms with Crippen LogP contribution in [0.25, 0.3) is 11.1 Å². The molecule has 0 fully saturated rings. The number of benzene rings is 2. The van der Waals surface area contributed by atoms with Crippen LogP contribution in [0.3, 0.4) is 0 Å². The normalized spacial score (nSPS) is 11.9. The Morgan fingerprint density at radius 3 is 2.29 bits per heavy atom. The van der Waals surface area contributed by atoms with E-state index in [-0.39, 0.29) is 5.02 Å². The molecule has 0 saturated carbocycles. The number of primary amides is 1. The van der Waals surface area contributed by atoms with Gasteiger partial charge in [-0.3, -0.25) is 9.59 Å². The summed E-state index contributed by atoms with van der Waals surface area (Å²) in [5.41, 5.74) is 7.26. The molecular weight excluding hydrogens is 310 g/mol. The van der Waals surface area contributed by atoms with Crippen molar-refractivity contribution in [2.24, 2.45) is 5.73 Å². The zero-order valence-electron chi connectivity index (χ0n) is 10.8. The second kappa shape index (κ2) is 6.65. The van der Waals surface area contributed by atoms with Crippen molar-refractivity contribution >= 4 is 34.6 Å². The molecule has 0 bridgehead atoms. The lowest BCUT2D eigenvalue weighted by Gasteiger charge is -2.13. The van der Waals surface area contributed by atoms with Crippen LogP contribution in [0.2, 0.25) is 5.02 Å². The highest BCUT2D eigenvalue weighted by Crippen LogP contribution is 2.36. The smallest absolute Gasteiger partial charge is 0.321 e. The lowest BCUT2D eigenvalue weighted by atomic mass is 10.0. The van der Waals surface area contributed by atoms with E-state index < -0.39 is 16.5 Å². The molecule has 4 nitrogen and oxygen atoms in total. The van der Waals surface area contributed by atoms with Crippen LogP contribution in [0.5, 0.6) is 0 Å². The third-order valence-electron chi connectivity index (χ3n) is 2.85. The van der Waals surface area contributed by atoms with Gasteiger partial charge in [-0.2, -0.15) is 0 Å². The van der Waals surface area contributed by atoms with E-state index in [0.717, 1.165) is 11.1 Å². The summed E-state index contributed by atoms with van der Waals surface area (Å²) in [6.07, 6.45) is 0. The van der Waals surface area contributed by atoms with Gasteiger partial charge < -0.3 is 10.8 Å². The Morgan fingerprint density at radius 1 is 1.10 bits per heavy atom. The predicted octanol–water partition coefficient (Wildman–Crippen LogP) is 3.94. The molecule has 6 heteroatoms. The lowest BCUT2D eigenvalue weighted by molar-refractivity contribution is -0.136. The van der Waals surface area contributed by atoms with Gasteiger partial charge in [0.2, 0.25) is 0 Å². The molecule has 1 amide bonds. The number of rotatable bonds is 4. The van der Waals surface area contributed by atoms with Crippen molar-refractivity contribution in [3.8, 4) is 11.1 Å². The van der Waals surface area contributed by atoms with E-state index in [1.54, 1.807) is 18.2 Å². The first-order valence-corrected chi connectivity index (χ1v) is 7.28. The maximum Gasteiger partial charge on any atom is 0.321 e. The van der Waals surface area contributed by atoms with Gasteiger partial charge in [-0.1, -0.05) is 54.1 Å². The fourth-order valence-electron chi connectivity index (χ4n) is 1.91. The van der Waals surface area contributed by atoms with E-state index in [1.165, 1.54) is 0 Å². The van der Waals surface area contributed by atoms with Crippen molar-refractivity contribution in [1.82, 2.24) is 0 Å². The molecular formula is C15H12ClNO3S. The summed E-state index contributed by atoms with van der Waals surface area (Å²) in [6.45, 7) is 0. The highest BCUT2D eigenvalue weighted by atomic mass is 35.5. The van der Waals surface area contributed by atoms with Crippen LogP contribution in [-0.4, -0.2) is 16.3 Å². The number of hydrogen-bond acceptors (Lipinski definition) is 3. The summed E-state index contributed by atoms with van der Waals surface area (Å²) in [6, 6.07) is 14.6. The fraction of sp³-hybridized carbons (Fsp3) is 0.0667. The molecule has 0 aromatic heterocycles. The number of halogens is 1. The predicted molar refractivity (Wildman–Crippen MR) is 84.4 cm³/mol. The molecule has 1 atom stereocenters. The van der Waals surface area contributed by atoms with Crippen LogP contribution < -0.4 is 5.73 Å². The average Bonchev–Trinajstić information content (AvgIpc) is 2.45. The molecule has 1 unspecified atom stereocenters. The number of thioether (sulfide) groups is 1. The van der Waals surface area contributed by atoms with Crippen molar-refractivity contribution in [3.63, 3.8) is 0 Å². The number of aliphatic carboxylic acids is 1. The Balaban J connectivity index is 2.38. The van der Waals surface area contributed by atoms with Gasteiger partial charge in [0, 0.05) is 5.02 Å². The Morgan fingerprint density at radius 2 is 1.76 bits per heavy atom. The van der Waals surface area contributed by atoms with Crippen molar-refractivity contribution < 1.29 is 14.7 Å². The molecule has 2 aromatic rings. The number of hydrogen-bond donors (Lipinski definition) is 2. The molecule has 0 saturated heterocycles. The summed E-state index contributed by atoms with van der Waals surface area (Å²) in [5.74, 6) is -1.16. The number of nitrogens with two attached hydrogens (primary N) is 1. The zero-order chi connectivity index (χ0) is 15.4. The van der Waals surface area contributed by atoms with Crippen LogP contribution >= 0.6 is 23.4 Å². The summed E-state index contributed by atoms with van der Waals surface area (Å²) in [4.78, 5) is 22.2. The number of carboxylic acids is 1. The third kappa shape index (κ3) is 3.77. The van der Waals surface area contributed by atoms with Gasteiger partial charge in [-0.05, 0) is 34.5 Å². The summed E-state index contributed by atoms with van der Waals surface area (Å²) < 4.78 is 0. The largest absolute Gasteiger partial charge is 0.480 e. The number of amides is 1. The molecule has 0 aliphatic rings. The average molecular weight is 322 g/mol. The van der Waals surface area contributed by atoms with Crippen molar-refractivity contribution in [3.05, 3.63) is 59.1 Å². The summed E-state index contributed by atoms with van der Waals surface area (Å²) in [7, 11) is 0. The van der Waals surface area contributed by atoms with Gasteiger partial charge >= 0.3 is 5.97 Å². The quantitative estimate of drug-likeness (QED) is 0.893. The van der Waals surface area contributed by atoms with Gasteiger partial charge in [0.25, 0.3) is 5.24 Å². The first kappa shape index (κ1) is 15.4. The minimum absolute atomic E-state index is 0.289.